The van der Waals surface area contributed by atoms with Crippen LogP contribution in [0, 0.1) is 24.0 Å². The molecule has 0 saturated heterocycles. The number of ether oxygens (including phenoxy) is 1. The first-order valence-corrected chi connectivity index (χ1v) is 8.26. The molecule has 0 aliphatic rings. The van der Waals surface area contributed by atoms with Crippen LogP contribution in [0.4, 0.5) is 11.4 Å². The number of likely N-dealkylation sites (N-methyl/N-ethyl adjacent to an activating group) is 1. The topological polar surface area (TPSA) is 102 Å². The maximum absolute atomic E-state index is 12.2. The van der Waals surface area contributed by atoms with Crippen molar-refractivity contribution in [3.63, 3.8) is 0 Å². The first-order chi connectivity index (χ1) is 12.8. The van der Waals surface area contributed by atoms with Gasteiger partial charge in [-0.05, 0) is 31.0 Å². The lowest BCUT2D eigenvalue weighted by molar-refractivity contribution is -0.385. The van der Waals surface area contributed by atoms with E-state index in [1.54, 1.807) is 6.07 Å². The Hall–Kier alpha value is -3.42. The number of hydrogen-bond donors (Lipinski definition) is 1. The number of aryl methyl sites for hydroxylation is 2. The summed E-state index contributed by atoms with van der Waals surface area (Å²) in [6.07, 6.45) is 0. The van der Waals surface area contributed by atoms with Gasteiger partial charge in [0.1, 0.15) is 0 Å². The second-order valence-electron chi connectivity index (χ2n) is 6.08. The fourth-order valence-corrected chi connectivity index (χ4v) is 2.47. The summed E-state index contributed by atoms with van der Waals surface area (Å²) in [5.74, 6) is -0.803. The summed E-state index contributed by atoms with van der Waals surface area (Å²) >= 11 is 0. The normalized spacial score (nSPS) is 10.2. The second kappa shape index (κ2) is 8.79. The van der Waals surface area contributed by atoms with Crippen molar-refractivity contribution in [1.82, 2.24) is 4.90 Å². The number of para-hydroxylation sites is 3. The van der Waals surface area contributed by atoms with Crippen LogP contribution in [-0.4, -0.2) is 41.8 Å². The molecule has 2 rings (SSSR count). The molecule has 27 heavy (non-hydrogen) atoms. The van der Waals surface area contributed by atoms with Gasteiger partial charge < -0.3 is 15.0 Å². The highest BCUT2D eigenvalue weighted by atomic mass is 16.6. The van der Waals surface area contributed by atoms with E-state index in [1.165, 1.54) is 30.1 Å². The van der Waals surface area contributed by atoms with Gasteiger partial charge in [-0.3, -0.25) is 19.7 Å². The molecule has 0 aliphatic heterocycles. The monoisotopic (exact) mass is 371 g/mol. The van der Waals surface area contributed by atoms with Gasteiger partial charge in [-0.1, -0.05) is 30.3 Å². The molecular formula is C19H21N3O5. The lowest BCUT2D eigenvalue weighted by atomic mass is 10.1. The summed E-state index contributed by atoms with van der Waals surface area (Å²) in [6, 6.07) is 11.5. The van der Waals surface area contributed by atoms with E-state index in [2.05, 4.69) is 5.32 Å². The molecule has 0 radical (unpaired) electrons. The summed E-state index contributed by atoms with van der Waals surface area (Å²) in [5, 5.41) is 13.8. The van der Waals surface area contributed by atoms with Crippen molar-refractivity contribution >= 4 is 23.2 Å². The quantitative estimate of drug-likeness (QED) is 0.595. The van der Waals surface area contributed by atoms with E-state index in [0.29, 0.717) is 0 Å². The zero-order valence-electron chi connectivity index (χ0n) is 15.4. The molecule has 0 heterocycles. The minimum atomic E-state index is -0.582. The summed E-state index contributed by atoms with van der Waals surface area (Å²) in [5.41, 5.74) is 2.36. The molecule has 0 unspecified atom stereocenters. The molecule has 0 saturated carbocycles. The first-order valence-electron chi connectivity index (χ1n) is 8.26. The maximum Gasteiger partial charge on any atom is 0.310 e. The third kappa shape index (κ3) is 5.27. The van der Waals surface area contributed by atoms with Crippen LogP contribution in [0.3, 0.4) is 0 Å². The molecule has 0 atom stereocenters. The van der Waals surface area contributed by atoms with Crippen molar-refractivity contribution in [2.24, 2.45) is 0 Å². The standard InChI is InChI=1S/C19H21N3O5/c1-13-7-6-8-14(2)19(13)20-17(23)11-21(3)18(24)12-27-16-10-5-4-9-15(16)22(25)26/h4-10H,11-12H2,1-3H3,(H,20,23). The fourth-order valence-electron chi connectivity index (χ4n) is 2.47. The van der Waals surface area contributed by atoms with Gasteiger partial charge in [0.25, 0.3) is 5.91 Å². The lowest BCUT2D eigenvalue weighted by Crippen LogP contribution is -2.37. The molecule has 142 valence electrons. The van der Waals surface area contributed by atoms with Gasteiger partial charge in [-0.25, -0.2) is 0 Å². The van der Waals surface area contributed by atoms with Crippen LogP contribution in [-0.2, 0) is 9.59 Å². The molecule has 2 aromatic rings. The Balaban J connectivity index is 1.92. The Morgan fingerprint density at radius 1 is 1.11 bits per heavy atom. The average molecular weight is 371 g/mol. The first kappa shape index (κ1) is 19.9. The summed E-state index contributed by atoms with van der Waals surface area (Å²) < 4.78 is 5.25. The van der Waals surface area contributed by atoms with Crippen LogP contribution >= 0.6 is 0 Å². The van der Waals surface area contributed by atoms with Crippen molar-refractivity contribution in [3.8, 4) is 5.75 Å². The van der Waals surface area contributed by atoms with Gasteiger partial charge >= 0.3 is 5.69 Å². The van der Waals surface area contributed by atoms with Crippen LogP contribution in [0.1, 0.15) is 11.1 Å². The Labute approximate surface area is 156 Å². The number of nitrogens with zero attached hydrogens (tertiary/aromatic N) is 2. The molecule has 0 fully saturated rings. The van der Waals surface area contributed by atoms with Gasteiger partial charge in [0.05, 0.1) is 11.5 Å². The molecule has 0 aromatic heterocycles. The van der Waals surface area contributed by atoms with Crippen molar-refractivity contribution < 1.29 is 19.2 Å². The highest BCUT2D eigenvalue weighted by Crippen LogP contribution is 2.25. The molecule has 8 nitrogen and oxygen atoms in total. The van der Waals surface area contributed by atoms with E-state index in [-0.39, 0.29) is 23.9 Å². The molecule has 0 spiro atoms. The fraction of sp³-hybridized carbons (Fsp3) is 0.263. The van der Waals surface area contributed by atoms with E-state index in [1.807, 2.05) is 32.0 Å². The number of carbonyl (C=O) groups excluding carboxylic acids is 2. The second-order valence-corrected chi connectivity index (χ2v) is 6.08. The zero-order chi connectivity index (χ0) is 20.0. The Kier molecular flexibility index (Phi) is 6.48. The minimum absolute atomic E-state index is 0.00392. The predicted molar refractivity (Wildman–Crippen MR) is 101 cm³/mol. The van der Waals surface area contributed by atoms with Gasteiger partial charge in [-0.15, -0.1) is 0 Å². The number of nitrogens with one attached hydrogen (secondary N) is 1. The van der Waals surface area contributed by atoms with Crippen LogP contribution in [0.2, 0.25) is 0 Å². The molecule has 1 N–H and O–H groups in total. The molecule has 2 aromatic carbocycles. The SMILES string of the molecule is Cc1cccc(C)c1NC(=O)CN(C)C(=O)COc1ccccc1[N+](=O)[O-]. The van der Waals surface area contributed by atoms with Gasteiger partial charge in [-0.2, -0.15) is 0 Å². The lowest BCUT2D eigenvalue weighted by Gasteiger charge is -2.18. The van der Waals surface area contributed by atoms with Crippen molar-refractivity contribution in [2.45, 2.75) is 13.8 Å². The minimum Gasteiger partial charge on any atom is -0.477 e. The zero-order valence-corrected chi connectivity index (χ0v) is 15.4. The van der Waals surface area contributed by atoms with E-state index in [9.17, 15) is 19.7 Å². The summed E-state index contributed by atoms with van der Waals surface area (Å²) in [4.78, 5) is 36.0. The van der Waals surface area contributed by atoms with Crippen LogP contribution < -0.4 is 10.1 Å². The number of anilines is 1. The smallest absolute Gasteiger partial charge is 0.310 e. The predicted octanol–water partition coefficient (Wildman–Crippen LogP) is 2.69. The van der Waals surface area contributed by atoms with Crippen molar-refractivity contribution in [3.05, 3.63) is 63.7 Å². The third-order valence-corrected chi connectivity index (χ3v) is 3.97. The molecule has 0 bridgehead atoms. The van der Waals surface area contributed by atoms with Crippen molar-refractivity contribution in [2.75, 3.05) is 25.5 Å². The van der Waals surface area contributed by atoms with Gasteiger partial charge in [0.2, 0.25) is 5.91 Å². The number of nitro benzene ring substituents is 1. The maximum atomic E-state index is 12.2. The Morgan fingerprint density at radius 2 is 1.74 bits per heavy atom. The number of nitro groups is 1. The van der Waals surface area contributed by atoms with Crippen LogP contribution in [0.25, 0.3) is 0 Å². The van der Waals surface area contributed by atoms with Gasteiger partial charge in [0.15, 0.2) is 12.4 Å². The van der Waals surface area contributed by atoms with Gasteiger partial charge in [0, 0.05) is 18.8 Å². The Bertz CT molecular complexity index is 846. The number of amides is 2. The molecule has 8 heteroatoms. The van der Waals surface area contributed by atoms with E-state index in [0.717, 1.165) is 16.8 Å². The summed E-state index contributed by atoms with van der Waals surface area (Å²) in [6.45, 7) is 3.21. The summed E-state index contributed by atoms with van der Waals surface area (Å²) in [7, 11) is 1.47. The molecular weight excluding hydrogens is 350 g/mol. The third-order valence-electron chi connectivity index (χ3n) is 3.97. The van der Waals surface area contributed by atoms with Crippen molar-refractivity contribution in [1.29, 1.82) is 0 Å². The molecule has 0 aliphatic carbocycles. The van der Waals surface area contributed by atoms with Crippen LogP contribution in [0.5, 0.6) is 5.75 Å². The number of hydrogen-bond acceptors (Lipinski definition) is 5. The number of rotatable bonds is 7. The largest absolute Gasteiger partial charge is 0.477 e. The van der Waals surface area contributed by atoms with E-state index >= 15 is 0 Å². The average Bonchev–Trinajstić information content (AvgIpc) is 2.63. The number of carbonyl (C=O) groups is 2. The van der Waals surface area contributed by atoms with E-state index < -0.39 is 17.4 Å². The molecule has 2 amide bonds. The number of benzene rings is 2. The Morgan fingerprint density at radius 3 is 2.37 bits per heavy atom. The van der Waals surface area contributed by atoms with Crippen LogP contribution in [0.15, 0.2) is 42.5 Å². The van der Waals surface area contributed by atoms with E-state index in [4.69, 9.17) is 4.74 Å². The highest BCUT2D eigenvalue weighted by molar-refractivity contribution is 5.95. The highest BCUT2D eigenvalue weighted by Gasteiger charge is 2.18.